The molecule has 0 unspecified atom stereocenters. The molecule has 1 rings (SSSR count). The Bertz CT molecular complexity index is 428. The van der Waals surface area contributed by atoms with Gasteiger partial charge in [0.15, 0.2) is 0 Å². The van der Waals surface area contributed by atoms with Gasteiger partial charge < -0.3 is 15.2 Å². The molecule has 1 aliphatic rings. The fraction of sp³-hybridized carbons (Fsp3) is 0.733. The Kier molecular flexibility index (Phi) is 6.23. The van der Waals surface area contributed by atoms with Crippen LogP contribution in [0, 0.1) is 0 Å². The molecule has 0 radical (unpaired) electrons. The fourth-order valence-corrected chi connectivity index (χ4v) is 2.43. The van der Waals surface area contributed by atoms with Crippen molar-refractivity contribution in [2.75, 3.05) is 0 Å². The molecule has 3 atom stereocenters. The number of esters is 2. The van der Waals surface area contributed by atoms with Crippen LogP contribution < -0.4 is 5.73 Å². The van der Waals surface area contributed by atoms with E-state index >= 15 is 0 Å². The van der Waals surface area contributed by atoms with Crippen LogP contribution in [-0.2, 0) is 19.1 Å². The first kappa shape index (κ1) is 18.0. The first-order chi connectivity index (χ1) is 9.58. The summed E-state index contributed by atoms with van der Waals surface area (Å²) < 4.78 is 10.4. The molecule has 0 amide bonds. The lowest BCUT2D eigenvalue weighted by Crippen LogP contribution is -2.38. The maximum absolute atomic E-state index is 11.9. The summed E-state index contributed by atoms with van der Waals surface area (Å²) in [4.78, 5) is 22.9. The second-order valence-corrected chi connectivity index (χ2v) is 6.81. The van der Waals surface area contributed by atoms with Gasteiger partial charge in [-0.15, -0.1) is 11.6 Å². The molecule has 0 spiro atoms. The number of hydrogen-bond donors (Lipinski definition) is 1. The van der Waals surface area contributed by atoms with Gasteiger partial charge in [0.1, 0.15) is 17.7 Å². The number of hydrogen-bond acceptors (Lipinski definition) is 5. The highest BCUT2D eigenvalue weighted by Crippen LogP contribution is 2.28. The summed E-state index contributed by atoms with van der Waals surface area (Å²) in [6, 6.07) is -0.771. The van der Waals surface area contributed by atoms with Gasteiger partial charge in [0.2, 0.25) is 0 Å². The van der Waals surface area contributed by atoms with Crippen molar-refractivity contribution in [3.8, 4) is 0 Å². The maximum atomic E-state index is 11.9. The Morgan fingerprint density at radius 3 is 2.57 bits per heavy atom. The lowest BCUT2D eigenvalue weighted by molar-refractivity contribution is -0.156. The van der Waals surface area contributed by atoms with E-state index in [0.717, 1.165) is 5.57 Å². The standard InChI is InChI=1S/C15H24ClNO4/c1-9(18)20-11-5-6-12(16)10(7-11)8-13(17)14(19)21-15(2,3)4/h7,11-13H,5-6,8,17H2,1-4H3/t11-,12+,13+/m1/s1. The zero-order chi connectivity index (χ0) is 16.2. The van der Waals surface area contributed by atoms with Gasteiger partial charge in [0.25, 0.3) is 0 Å². The second-order valence-electron chi connectivity index (χ2n) is 6.28. The van der Waals surface area contributed by atoms with E-state index < -0.39 is 17.6 Å². The summed E-state index contributed by atoms with van der Waals surface area (Å²) in [6.07, 6.45) is 3.18. The molecule has 0 heterocycles. The van der Waals surface area contributed by atoms with Gasteiger partial charge >= 0.3 is 11.9 Å². The van der Waals surface area contributed by atoms with Crippen molar-refractivity contribution in [1.29, 1.82) is 0 Å². The van der Waals surface area contributed by atoms with E-state index in [1.54, 1.807) is 26.8 Å². The van der Waals surface area contributed by atoms with Crippen LogP contribution in [0.3, 0.4) is 0 Å². The van der Waals surface area contributed by atoms with Gasteiger partial charge in [0, 0.05) is 6.92 Å². The van der Waals surface area contributed by atoms with Gasteiger partial charge in [0.05, 0.1) is 5.38 Å². The quantitative estimate of drug-likeness (QED) is 0.489. The molecule has 1 aliphatic carbocycles. The number of ether oxygens (including phenoxy) is 2. The predicted molar refractivity (Wildman–Crippen MR) is 80.9 cm³/mol. The van der Waals surface area contributed by atoms with Crippen LogP contribution in [0.5, 0.6) is 0 Å². The highest BCUT2D eigenvalue weighted by molar-refractivity contribution is 6.22. The lowest BCUT2D eigenvalue weighted by atomic mass is 9.92. The lowest BCUT2D eigenvalue weighted by Gasteiger charge is -2.27. The van der Waals surface area contributed by atoms with Crippen LogP contribution in [0.15, 0.2) is 11.6 Å². The average Bonchev–Trinajstić information content (AvgIpc) is 2.30. The third kappa shape index (κ3) is 6.48. The SMILES string of the molecule is CC(=O)O[C@H]1C=C(C[C@H](N)C(=O)OC(C)(C)C)[C@@H](Cl)CC1. The summed E-state index contributed by atoms with van der Waals surface area (Å²) >= 11 is 6.25. The van der Waals surface area contributed by atoms with Crippen molar-refractivity contribution in [2.24, 2.45) is 5.73 Å². The van der Waals surface area contributed by atoms with Crippen LogP contribution in [0.25, 0.3) is 0 Å². The average molecular weight is 318 g/mol. The molecule has 0 aromatic heterocycles. The Morgan fingerprint density at radius 1 is 1.43 bits per heavy atom. The minimum absolute atomic E-state index is 0.190. The van der Waals surface area contributed by atoms with E-state index in [4.69, 9.17) is 26.8 Å². The van der Waals surface area contributed by atoms with Crippen LogP contribution >= 0.6 is 11.6 Å². The molecule has 21 heavy (non-hydrogen) atoms. The normalized spacial score (nSPS) is 24.0. The first-order valence-corrected chi connectivity index (χ1v) is 7.52. The molecule has 5 nitrogen and oxygen atoms in total. The van der Waals surface area contributed by atoms with Crippen LogP contribution in [0.1, 0.15) is 47.0 Å². The number of halogens is 1. The van der Waals surface area contributed by atoms with Crippen LogP contribution in [0.4, 0.5) is 0 Å². The Morgan fingerprint density at radius 2 is 2.05 bits per heavy atom. The van der Waals surface area contributed by atoms with E-state index in [0.29, 0.717) is 19.3 Å². The Hall–Kier alpha value is -1.07. The number of carbonyl (C=O) groups is 2. The minimum Gasteiger partial charge on any atom is -0.459 e. The largest absolute Gasteiger partial charge is 0.459 e. The van der Waals surface area contributed by atoms with E-state index in [1.165, 1.54) is 6.92 Å². The van der Waals surface area contributed by atoms with Gasteiger partial charge in [-0.2, -0.15) is 0 Å². The summed E-state index contributed by atoms with van der Waals surface area (Å²) in [7, 11) is 0. The molecule has 0 saturated heterocycles. The van der Waals surface area contributed by atoms with Gasteiger partial charge in [-0.1, -0.05) is 5.57 Å². The van der Waals surface area contributed by atoms with Crippen molar-refractivity contribution < 1.29 is 19.1 Å². The van der Waals surface area contributed by atoms with E-state index in [1.807, 2.05) is 0 Å². The third-order valence-corrected chi connectivity index (χ3v) is 3.49. The summed E-state index contributed by atoms with van der Waals surface area (Å²) in [6.45, 7) is 6.74. The van der Waals surface area contributed by atoms with E-state index in [-0.39, 0.29) is 17.5 Å². The summed E-state index contributed by atoms with van der Waals surface area (Å²) in [5.41, 5.74) is 6.14. The topological polar surface area (TPSA) is 78.6 Å². The second kappa shape index (κ2) is 7.27. The van der Waals surface area contributed by atoms with Crippen molar-refractivity contribution in [3.05, 3.63) is 11.6 Å². The van der Waals surface area contributed by atoms with Gasteiger partial charge in [-0.25, -0.2) is 0 Å². The molecular formula is C15H24ClNO4. The number of carbonyl (C=O) groups excluding carboxylic acids is 2. The highest BCUT2D eigenvalue weighted by Gasteiger charge is 2.28. The molecule has 6 heteroatoms. The minimum atomic E-state index is -0.771. The molecule has 0 aromatic carbocycles. The van der Waals surface area contributed by atoms with Crippen LogP contribution in [-0.4, -0.2) is 35.1 Å². The Labute approximate surface area is 130 Å². The summed E-state index contributed by atoms with van der Waals surface area (Å²) in [5, 5.41) is -0.190. The molecular weight excluding hydrogens is 294 g/mol. The van der Waals surface area contributed by atoms with E-state index in [9.17, 15) is 9.59 Å². The molecule has 0 bridgehead atoms. The molecule has 2 N–H and O–H groups in total. The smallest absolute Gasteiger partial charge is 0.323 e. The zero-order valence-electron chi connectivity index (χ0n) is 13.0. The van der Waals surface area contributed by atoms with Crippen molar-refractivity contribution in [3.63, 3.8) is 0 Å². The third-order valence-electron chi connectivity index (χ3n) is 2.99. The van der Waals surface area contributed by atoms with Crippen molar-refractivity contribution in [1.82, 2.24) is 0 Å². The Balaban J connectivity index is 2.67. The van der Waals surface area contributed by atoms with Crippen molar-refractivity contribution in [2.45, 2.75) is 70.1 Å². The van der Waals surface area contributed by atoms with Crippen LogP contribution in [0.2, 0.25) is 0 Å². The first-order valence-electron chi connectivity index (χ1n) is 7.09. The number of rotatable bonds is 4. The maximum Gasteiger partial charge on any atom is 0.323 e. The van der Waals surface area contributed by atoms with Gasteiger partial charge in [-0.05, 0) is 46.1 Å². The number of alkyl halides is 1. The summed E-state index contributed by atoms with van der Waals surface area (Å²) in [5.74, 6) is -0.790. The molecule has 120 valence electrons. The fourth-order valence-electron chi connectivity index (χ4n) is 2.14. The monoisotopic (exact) mass is 317 g/mol. The molecule has 0 aliphatic heterocycles. The van der Waals surface area contributed by atoms with Gasteiger partial charge in [-0.3, -0.25) is 9.59 Å². The zero-order valence-corrected chi connectivity index (χ0v) is 13.8. The van der Waals surface area contributed by atoms with Crippen molar-refractivity contribution >= 4 is 23.5 Å². The number of nitrogens with two attached hydrogens (primary N) is 1. The predicted octanol–water partition coefficient (Wildman–Crippen LogP) is 2.30. The van der Waals surface area contributed by atoms with E-state index in [2.05, 4.69) is 0 Å². The highest BCUT2D eigenvalue weighted by atomic mass is 35.5. The molecule has 0 saturated carbocycles. The molecule has 0 fully saturated rings. The molecule has 0 aromatic rings.